The molecule has 0 aromatic heterocycles. The minimum absolute atomic E-state index is 0.0353. The van der Waals surface area contributed by atoms with Crippen molar-refractivity contribution in [2.75, 3.05) is 60.7 Å². The van der Waals surface area contributed by atoms with Crippen molar-refractivity contribution in [1.29, 1.82) is 0 Å². The number of hydrogen-bond donors (Lipinski definition) is 1. The Bertz CT molecular complexity index is 1190. The number of Topliss-reactive ketones (excluding diaryl/α,β-unsaturated/α-hetero) is 1. The first-order valence-electron chi connectivity index (χ1n) is 12.3. The molecule has 0 radical (unpaired) electrons. The molecule has 0 spiro atoms. The lowest BCUT2D eigenvalue weighted by atomic mass is 9.93. The number of aryl methyl sites for hydroxylation is 1. The van der Waals surface area contributed by atoms with Gasteiger partial charge < -0.3 is 29.0 Å². The molecule has 1 unspecified atom stereocenters. The molecule has 0 bridgehead atoms. The fourth-order valence-electron chi connectivity index (χ4n) is 4.94. The zero-order chi connectivity index (χ0) is 26.5. The maximum atomic E-state index is 13.4. The molecule has 2 aromatic rings. The van der Waals surface area contributed by atoms with Crippen LogP contribution in [0.5, 0.6) is 17.2 Å². The van der Waals surface area contributed by atoms with E-state index in [9.17, 15) is 14.7 Å². The number of morpholine rings is 1. The van der Waals surface area contributed by atoms with Crippen LogP contribution in [0.15, 0.2) is 42.0 Å². The molecule has 4 rings (SSSR count). The number of likely N-dealkylation sites (tertiary alicyclic amines) is 1. The van der Waals surface area contributed by atoms with Gasteiger partial charge in [-0.3, -0.25) is 14.5 Å². The van der Waals surface area contributed by atoms with Gasteiger partial charge in [0.1, 0.15) is 23.0 Å². The number of benzene rings is 2. The van der Waals surface area contributed by atoms with E-state index in [4.69, 9.17) is 18.9 Å². The summed E-state index contributed by atoms with van der Waals surface area (Å²) in [6, 6.07) is 9.60. The van der Waals surface area contributed by atoms with E-state index in [1.54, 1.807) is 50.6 Å². The van der Waals surface area contributed by atoms with Crippen LogP contribution >= 0.6 is 0 Å². The average Bonchev–Trinajstić information content (AvgIpc) is 3.17. The van der Waals surface area contributed by atoms with Crippen LogP contribution in [0.1, 0.15) is 29.2 Å². The minimum atomic E-state index is -0.813. The standard InChI is InChI=1S/C28H34N2O7/c1-18-16-19(34-2)6-8-21(18)26(31)24-25(22-9-7-20(35-3)17-23(22)36-4)30(28(33)27(24)32)11-5-10-29-12-14-37-15-13-29/h6-9,16-17,25,31H,5,10-15H2,1-4H3/b26-24+. The number of methoxy groups -OCH3 is 3. The monoisotopic (exact) mass is 510 g/mol. The lowest BCUT2D eigenvalue weighted by Gasteiger charge is -2.29. The number of amides is 1. The Morgan fingerprint density at radius 1 is 0.973 bits per heavy atom. The molecule has 2 aromatic carbocycles. The molecular weight excluding hydrogens is 476 g/mol. The fourth-order valence-corrected chi connectivity index (χ4v) is 4.94. The van der Waals surface area contributed by atoms with Crippen molar-refractivity contribution in [1.82, 2.24) is 9.80 Å². The van der Waals surface area contributed by atoms with Crippen LogP contribution in [-0.2, 0) is 14.3 Å². The lowest BCUT2D eigenvalue weighted by molar-refractivity contribution is -0.140. The smallest absolute Gasteiger partial charge is 0.295 e. The molecule has 0 saturated carbocycles. The first kappa shape index (κ1) is 26.5. The summed E-state index contributed by atoms with van der Waals surface area (Å²) < 4.78 is 21.7. The summed E-state index contributed by atoms with van der Waals surface area (Å²) in [5, 5.41) is 11.4. The second-order valence-electron chi connectivity index (χ2n) is 9.09. The van der Waals surface area contributed by atoms with Gasteiger partial charge in [0.2, 0.25) is 0 Å². The number of ether oxygens (including phenoxy) is 4. The number of carbonyl (C=O) groups excluding carboxylic acids is 2. The predicted molar refractivity (Wildman–Crippen MR) is 138 cm³/mol. The molecule has 1 amide bonds. The Kier molecular flexibility index (Phi) is 8.35. The molecule has 1 atom stereocenters. The van der Waals surface area contributed by atoms with Crippen LogP contribution in [0.25, 0.3) is 5.76 Å². The van der Waals surface area contributed by atoms with Gasteiger partial charge in [-0.2, -0.15) is 0 Å². The third-order valence-corrected chi connectivity index (χ3v) is 6.94. The summed E-state index contributed by atoms with van der Waals surface area (Å²) in [7, 11) is 4.64. The molecule has 0 aliphatic carbocycles. The van der Waals surface area contributed by atoms with E-state index in [0.717, 1.165) is 25.2 Å². The first-order valence-corrected chi connectivity index (χ1v) is 12.3. The first-order chi connectivity index (χ1) is 17.9. The van der Waals surface area contributed by atoms with E-state index < -0.39 is 17.7 Å². The third-order valence-electron chi connectivity index (χ3n) is 6.94. The second kappa shape index (κ2) is 11.7. The number of rotatable bonds is 9. The van der Waals surface area contributed by atoms with Gasteiger partial charge in [0.15, 0.2) is 0 Å². The largest absolute Gasteiger partial charge is 0.507 e. The van der Waals surface area contributed by atoms with E-state index in [0.29, 0.717) is 54.6 Å². The van der Waals surface area contributed by atoms with Gasteiger partial charge in [0.05, 0.1) is 46.2 Å². The highest BCUT2D eigenvalue weighted by molar-refractivity contribution is 6.46. The summed E-state index contributed by atoms with van der Waals surface area (Å²) in [5.74, 6) is 0.0835. The molecule has 1 N–H and O–H groups in total. The SMILES string of the molecule is COc1ccc(/C(O)=C2\C(=O)C(=O)N(CCCN3CCOCC3)C2c2ccc(OC)cc2OC)c(C)c1. The number of hydrogen-bond acceptors (Lipinski definition) is 8. The van der Waals surface area contributed by atoms with Crippen molar-refractivity contribution >= 4 is 17.4 Å². The van der Waals surface area contributed by atoms with Gasteiger partial charge in [-0.15, -0.1) is 0 Å². The molecule has 37 heavy (non-hydrogen) atoms. The summed E-state index contributed by atoms with van der Waals surface area (Å²) in [4.78, 5) is 30.6. The third kappa shape index (κ3) is 5.42. The maximum absolute atomic E-state index is 13.4. The number of carbonyl (C=O) groups is 2. The van der Waals surface area contributed by atoms with Crippen LogP contribution in [0.4, 0.5) is 0 Å². The van der Waals surface area contributed by atoms with Crippen molar-refractivity contribution in [2.45, 2.75) is 19.4 Å². The average molecular weight is 511 g/mol. The van der Waals surface area contributed by atoms with Gasteiger partial charge in [-0.1, -0.05) is 0 Å². The van der Waals surface area contributed by atoms with Crippen LogP contribution in [-0.4, -0.2) is 87.3 Å². The quantitative estimate of drug-likeness (QED) is 0.312. The highest BCUT2D eigenvalue weighted by Gasteiger charge is 2.47. The lowest BCUT2D eigenvalue weighted by Crippen LogP contribution is -2.39. The zero-order valence-corrected chi connectivity index (χ0v) is 21.8. The molecule has 2 fully saturated rings. The van der Waals surface area contributed by atoms with Crippen LogP contribution < -0.4 is 14.2 Å². The van der Waals surface area contributed by atoms with E-state index >= 15 is 0 Å². The van der Waals surface area contributed by atoms with Crippen molar-refractivity contribution in [3.63, 3.8) is 0 Å². The summed E-state index contributed by atoms with van der Waals surface area (Å²) in [6.45, 7) is 6.00. The van der Waals surface area contributed by atoms with Crippen molar-refractivity contribution in [2.24, 2.45) is 0 Å². The Labute approximate surface area is 217 Å². The van der Waals surface area contributed by atoms with Crippen molar-refractivity contribution < 1.29 is 33.6 Å². The Morgan fingerprint density at radius 2 is 1.65 bits per heavy atom. The number of aliphatic hydroxyl groups is 1. The number of aliphatic hydroxyl groups excluding tert-OH is 1. The number of ketones is 1. The van der Waals surface area contributed by atoms with Gasteiger partial charge in [0, 0.05) is 43.4 Å². The van der Waals surface area contributed by atoms with Crippen molar-refractivity contribution in [3.8, 4) is 17.2 Å². The number of nitrogens with zero attached hydrogens (tertiary/aromatic N) is 2. The van der Waals surface area contributed by atoms with Crippen LogP contribution in [0.3, 0.4) is 0 Å². The van der Waals surface area contributed by atoms with Crippen molar-refractivity contribution in [3.05, 3.63) is 58.7 Å². The van der Waals surface area contributed by atoms with Gasteiger partial charge in [0.25, 0.3) is 11.7 Å². The Morgan fingerprint density at radius 3 is 2.30 bits per heavy atom. The molecule has 198 valence electrons. The summed E-state index contributed by atoms with van der Waals surface area (Å²) >= 11 is 0. The Balaban J connectivity index is 1.76. The highest BCUT2D eigenvalue weighted by Crippen LogP contribution is 2.44. The topological polar surface area (TPSA) is 97.8 Å². The van der Waals surface area contributed by atoms with Crippen LogP contribution in [0, 0.1) is 6.92 Å². The van der Waals surface area contributed by atoms with Crippen LogP contribution in [0.2, 0.25) is 0 Å². The van der Waals surface area contributed by atoms with Gasteiger partial charge >= 0.3 is 0 Å². The molecule has 2 aliphatic heterocycles. The summed E-state index contributed by atoms with van der Waals surface area (Å²) in [6.07, 6.45) is 0.670. The maximum Gasteiger partial charge on any atom is 0.295 e. The van der Waals surface area contributed by atoms with Gasteiger partial charge in [-0.25, -0.2) is 0 Å². The molecule has 2 heterocycles. The van der Waals surface area contributed by atoms with Gasteiger partial charge in [-0.05, 0) is 49.2 Å². The van der Waals surface area contributed by atoms with E-state index in [1.165, 1.54) is 12.0 Å². The molecule has 2 aliphatic rings. The fraction of sp³-hybridized carbons (Fsp3) is 0.429. The highest BCUT2D eigenvalue weighted by atomic mass is 16.5. The molecule has 9 heteroatoms. The van der Waals surface area contributed by atoms with E-state index in [-0.39, 0.29) is 11.3 Å². The van der Waals surface area contributed by atoms with E-state index in [2.05, 4.69) is 4.90 Å². The Hall–Kier alpha value is -3.56. The molecule has 2 saturated heterocycles. The predicted octanol–water partition coefficient (Wildman–Crippen LogP) is 3.16. The summed E-state index contributed by atoms with van der Waals surface area (Å²) in [5.41, 5.74) is 1.81. The zero-order valence-electron chi connectivity index (χ0n) is 21.8. The normalized spacial score (nSPS) is 19.8. The second-order valence-corrected chi connectivity index (χ2v) is 9.09. The van der Waals surface area contributed by atoms with E-state index in [1.807, 2.05) is 6.92 Å². The molecular formula is C28H34N2O7. The minimum Gasteiger partial charge on any atom is -0.507 e. The molecule has 9 nitrogen and oxygen atoms in total.